The molecule has 4 rings (SSSR count). The second kappa shape index (κ2) is 6.82. The fraction of sp³-hybridized carbons (Fsp3) is 0.765. The predicted octanol–water partition coefficient (Wildman–Crippen LogP) is 0.996. The lowest BCUT2D eigenvalue weighted by molar-refractivity contribution is -0.146. The van der Waals surface area contributed by atoms with E-state index in [1.807, 2.05) is 11.1 Å². The van der Waals surface area contributed by atoms with Crippen molar-refractivity contribution in [2.45, 2.75) is 43.8 Å². The average molecular weight is 335 g/mol. The third-order valence-corrected chi connectivity index (χ3v) is 5.40. The van der Waals surface area contributed by atoms with Gasteiger partial charge in [-0.1, -0.05) is 0 Å². The van der Waals surface area contributed by atoms with Gasteiger partial charge in [0.25, 0.3) is 0 Å². The molecule has 3 aliphatic heterocycles. The number of carbonyl (C=O) groups is 1. The highest BCUT2D eigenvalue weighted by Gasteiger charge is 2.43. The number of fused-ring (bicyclic) bond motifs is 2. The van der Waals surface area contributed by atoms with Gasteiger partial charge in [-0.3, -0.25) is 9.89 Å². The van der Waals surface area contributed by atoms with Gasteiger partial charge < -0.3 is 19.1 Å². The Kier molecular flexibility index (Phi) is 4.56. The molecule has 1 aromatic rings. The first kappa shape index (κ1) is 16.1. The van der Waals surface area contributed by atoms with Crippen molar-refractivity contribution in [3.8, 4) is 0 Å². The fourth-order valence-electron chi connectivity index (χ4n) is 3.98. The molecular formula is C17H25N3O4. The molecular weight excluding hydrogens is 310 g/mol. The zero-order valence-corrected chi connectivity index (χ0v) is 14.0. The number of hydrogen-bond acceptors (Lipinski definition) is 5. The van der Waals surface area contributed by atoms with Crippen molar-refractivity contribution in [2.75, 3.05) is 39.5 Å². The number of nitrogens with zero attached hydrogens (tertiary/aromatic N) is 2. The maximum absolute atomic E-state index is 12.3. The zero-order valence-electron chi connectivity index (χ0n) is 14.0. The number of ether oxygens (including phenoxy) is 3. The molecule has 1 spiro atoms. The third kappa shape index (κ3) is 3.08. The van der Waals surface area contributed by atoms with Crippen LogP contribution in [0.25, 0.3) is 0 Å². The summed E-state index contributed by atoms with van der Waals surface area (Å²) in [6.07, 6.45) is 6.70. The van der Waals surface area contributed by atoms with Crippen LogP contribution < -0.4 is 0 Å². The summed E-state index contributed by atoms with van der Waals surface area (Å²) in [4.78, 5) is 14.2. The van der Waals surface area contributed by atoms with Crippen molar-refractivity contribution in [2.24, 2.45) is 0 Å². The number of amides is 1. The van der Waals surface area contributed by atoms with Crippen LogP contribution in [-0.2, 0) is 31.0 Å². The first-order valence-electron chi connectivity index (χ1n) is 8.91. The van der Waals surface area contributed by atoms with E-state index in [-0.39, 0.29) is 24.2 Å². The van der Waals surface area contributed by atoms with E-state index in [0.717, 1.165) is 51.0 Å². The van der Waals surface area contributed by atoms with Crippen LogP contribution in [0.3, 0.4) is 0 Å². The van der Waals surface area contributed by atoms with Crippen LogP contribution in [0.1, 0.15) is 36.9 Å². The van der Waals surface area contributed by atoms with Crippen LogP contribution in [0.4, 0.5) is 0 Å². The van der Waals surface area contributed by atoms with Gasteiger partial charge in [-0.2, -0.15) is 5.10 Å². The van der Waals surface area contributed by atoms with Gasteiger partial charge >= 0.3 is 0 Å². The van der Waals surface area contributed by atoms with Gasteiger partial charge in [-0.25, -0.2) is 0 Å². The quantitative estimate of drug-likeness (QED) is 0.888. The van der Waals surface area contributed by atoms with Gasteiger partial charge in [0, 0.05) is 19.7 Å². The molecule has 1 unspecified atom stereocenters. The van der Waals surface area contributed by atoms with Gasteiger partial charge in [-0.15, -0.1) is 0 Å². The lowest BCUT2D eigenvalue weighted by atomic mass is 9.84. The van der Waals surface area contributed by atoms with Gasteiger partial charge in [0.15, 0.2) is 0 Å². The monoisotopic (exact) mass is 335 g/mol. The Morgan fingerprint density at radius 2 is 2.29 bits per heavy atom. The number of rotatable bonds is 4. The van der Waals surface area contributed by atoms with E-state index in [9.17, 15) is 4.79 Å². The number of H-pyrrole nitrogens is 1. The Bertz CT molecular complexity index is 574. The summed E-state index contributed by atoms with van der Waals surface area (Å²) in [5, 5.41) is 7.28. The highest BCUT2D eigenvalue weighted by molar-refractivity contribution is 5.77. The molecule has 0 radical (unpaired) electrons. The van der Waals surface area contributed by atoms with Crippen molar-refractivity contribution in [1.29, 1.82) is 0 Å². The summed E-state index contributed by atoms with van der Waals surface area (Å²) in [5.41, 5.74) is 2.07. The van der Waals surface area contributed by atoms with Crippen LogP contribution in [0, 0.1) is 0 Å². The fourth-order valence-corrected chi connectivity index (χ4v) is 3.98. The summed E-state index contributed by atoms with van der Waals surface area (Å²) in [5.74, 6) is 0.0588. The summed E-state index contributed by atoms with van der Waals surface area (Å²) < 4.78 is 17.2. The van der Waals surface area contributed by atoms with Gasteiger partial charge in [0.2, 0.25) is 5.91 Å². The highest BCUT2D eigenvalue weighted by atomic mass is 16.5. The van der Waals surface area contributed by atoms with Crippen LogP contribution in [0.2, 0.25) is 0 Å². The first-order valence-corrected chi connectivity index (χ1v) is 8.91. The Hall–Kier alpha value is -1.44. The van der Waals surface area contributed by atoms with Crippen molar-refractivity contribution >= 4 is 5.91 Å². The molecule has 1 N–H and O–H groups in total. The van der Waals surface area contributed by atoms with E-state index in [1.54, 1.807) is 0 Å². The SMILES string of the molecule is O=C(COCC1CCCO1)N1CCC2(CC1)OCCc1cn[nH]c12. The number of aromatic amines is 1. The van der Waals surface area contributed by atoms with Crippen molar-refractivity contribution in [1.82, 2.24) is 15.1 Å². The van der Waals surface area contributed by atoms with Crippen molar-refractivity contribution < 1.29 is 19.0 Å². The van der Waals surface area contributed by atoms with E-state index in [2.05, 4.69) is 10.2 Å². The molecule has 132 valence electrons. The smallest absolute Gasteiger partial charge is 0.248 e. The van der Waals surface area contributed by atoms with E-state index in [4.69, 9.17) is 14.2 Å². The zero-order chi connectivity index (χ0) is 16.4. The Labute approximate surface area is 141 Å². The lowest BCUT2D eigenvalue weighted by Gasteiger charge is -2.43. The standard InChI is InChI=1S/C17H25N3O4/c21-15(12-22-11-14-2-1-8-23-14)20-6-4-17(5-7-20)16-13(3-9-24-17)10-18-19-16/h10,14H,1-9,11-12H2,(H,18,19). The van der Waals surface area contributed by atoms with E-state index >= 15 is 0 Å². The maximum Gasteiger partial charge on any atom is 0.248 e. The normalized spacial score (nSPS) is 25.8. The average Bonchev–Trinajstić information content (AvgIpc) is 3.27. The molecule has 24 heavy (non-hydrogen) atoms. The van der Waals surface area contributed by atoms with Crippen LogP contribution in [0.5, 0.6) is 0 Å². The summed E-state index contributed by atoms with van der Waals surface area (Å²) in [7, 11) is 0. The van der Waals surface area contributed by atoms with E-state index in [0.29, 0.717) is 19.7 Å². The molecule has 1 atom stereocenters. The molecule has 0 bridgehead atoms. The Morgan fingerprint density at radius 1 is 1.42 bits per heavy atom. The second-order valence-corrected chi connectivity index (χ2v) is 6.89. The molecule has 0 aliphatic carbocycles. The minimum atomic E-state index is -0.292. The summed E-state index contributed by atoms with van der Waals surface area (Å²) in [6, 6.07) is 0. The second-order valence-electron chi connectivity index (χ2n) is 6.89. The largest absolute Gasteiger partial charge is 0.376 e. The molecule has 1 amide bonds. The molecule has 0 aromatic carbocycles. The van der Waals surface area contributed by atoms with Gasteiger partial charge in [0.1, 0.15) is 12.2 Å². The first-order chi connectivity index (χ1) is 11.8. The highest BCUT2D eigenvalue weighted by Crippen LogP contribution is 2.40. The minimum Gasteiger partial charge on any atom is -0.376 e. The molecule has 7 heteroatoms. The predicted molar refractivity (Wildman–Crippen MR) is 85.5 cm³/mol. The van der Waals surface area contributed by atoms with Crippen LogP contribution in [-0.4, -0.2) is 66.6 Å². The number of aromatic nitrogens is 2. The number of hydrogen-bond donors (Lipinski definition) is 1. The lowest BCUT2D eigenvalue weighted by Crippen LogP contribution is -2.49. The van der Waals surface area contributed by atoms with Gasteiger partial charge in [0.05, 0.1) is 31.2 Å². The van der Waals surface area contributed by atoms with Crippen LogP contribution >= 0.6 is 0 Å². The summed E-state index contributed by atoms with van der Waals surface area (Å²) >= 11 is 0. The Balaban J connectivity index is 1.28. The molecule has 1 aromatic heterocycles. The van der Waals surface area contributed by atoms with E-state index in [1.165, 1.54) is 5.56 Å². The number of carbonyl (C=O) groups excluding carboxylic acids is 1. The molecule has 3 aliphatic rings. The topological polar surface area (TPSA) is 76.7 Å². The van der Waals surface area contributed by atoms with Crippen LogP contribution in [0.15, 0.2) is 6.20 Å². The van der Waals surface area contributed by atoms with E-state index < -0.39 is 0 Å². The van der Waals surface area contributed by atoms with Gasteiger partial charge in [-0.05, 0) is 37.7 Å². The third-order valence-electron chi connectivity index (χ3n) is 5.40. The molecule has 2 saturated heterocycles. The molecule has 4 heterocycles. The van der Waals surface area contributed by atoms with Crippen molar-refractivity contribution in [3.05, 3.63) is 17.5 Å². The number of piperidine rings is 1. The summed E-state index contributed by atoms with van der Waals surface area (Å²) in [6.45, 7) is 3.59. The minimum absolute atomic E-state index is 0.0588. The Morgan fingerprint density at radius 3 is 3.08 bits per heavy atom. The molecule has 2 fully saturated rings. The number of likely N-dealkylation sites (tertiary alicyclic amines) is 1. The maximum atomic E-state index is 12.3. The molecule has 7 nitrogen and oxygen atoms in total. The number of nitrogens with one attached hydrogen (secondary N) is 1. The molecule has 0 saturated carbocycles. The van der Waals surface area contributed by atoms with Crippen molar-refractivity contribution in [3.63, 3.8) is 0 Å².